The van der Waals surface area contributed by atoms with Crippen LogP contribution in [0.3, 0.4) is 0 Å². The number of hydrogen-bond acceptors (Lipinski definition) is 4. The van der Waals surface area contributed by atoms with E-state index in [0.29, 0.717) is 16.3 Å². The summed E-state index contributed by atoms with van der Waals surface area (Å²) in [5.41, 5.74) is 1.58. The van der Waals surface area contributed by atoms with Gasteiger partial charge in [0.1, 0.15) is 0 Å². The van der Waals surface area contributed by atoms with E-state index in [0.717, 1.165) is 5.56 Å². The number of hydrogen-bond donors (Lipinski definition) is 1. The summed E-state index contributed by atoms with van der Waals surface area (Å²) in [6.45, 7) is 1.85. The summed E-state index contributed by atoms with van der Waals surface area (Å²) < 4.78 is 6.81. The quantitative estimate of drug-likeness (QED) is 0.647. The Hall–Kier alpha value is -3.38. The molecule has 7 heteroatoms. The third kappa shape index (κ3) is 4.92. The number of nitrogens with one attached hydrogen (secondary N) is 1. The van der Waals surface area contributed by atoms with Gasteiger partial charge in [-0.05, 0) is 30.7 Å². The summed E-state index contributed by atoms with van der Waals surface area (Å²) in [6.07, 6.45) is 0.262. The molecule has 1 N–H and O–H groups in total. The minimum atomic E-state index is -1.20. The number of carbonyl (C=O) groups is 2. The van der Waals surface area contributed by atoms with Crippen LogP contribution in [0.4, 0.5) is 5.69 Å². The van der Waals surface area contributed by atoms with Crippen LogP contribution in [-0.2, 0) is 16.6 Å². The fourth-order valence-electron chi connectivity index (χ4n) is 2.63. The van der Waals surface area contributed by atoms with Crippen LogP contribution in [0.5, 0.6) is 0 Å². The standard InChI is InChI=1S/C22H19ClN2O4/c1-14-8-9-17(13-18(14)23)24-21(27)20(15-6-4-3-5-7-15)29-22(28)16-10-11-25(2)19(26)12-16/h3-13,20H,1-2H3,(H,24,27)/t20-/m1/s1. The fraction of sp³-hybridized carbons (Fsp3) is 0.136. The first-order valence-electron chi connectivity index (χ1n) is 8.85. The Kier molecular flexibility index (Phi) is 6.14. The Labute approximate surface area is 172 Å². The highest BCUT2D eigenvalue weighted by Gasteiger charge is 2.26. The van der Waals surface area contributed by atoms with E-state index in [-0.39, 0.29) is 11.1 Å². The fourth-order valence-corrected chi connectivity index (χ4v) is 2.81. The second-order valence-corrected chi connectivity index (χ2v) is 6.92. The Balaban J connectivity index is 1.87. The number of rotatable bonds is 5. The first-order valence-corrected chi connectivity index (χ1v) is 9.22. The van der Waals surface area contributed by atoms with Gasteiger partial charge in [-0.1, -0.05) is 48.0 Å². The number of nitrogens with zero attached hydrogens (tertiary/aromatic N) is 1. The normalized spacial score (nSPS) is 11.6. The number of amides is 1. The maximum Gasteiger partial charge on any atom is 0.339 e. The molecule has 0 bridgehead atoms. The number of carbonyl (C=O) groups excluding carboxylic acids is 2. The van der Waals surface area contributed by atoms with Crippen LogP contribution in [-0.4, -0.2) is 16.4 Å². The molecule has 1 aromatic heterocycles. The molecule has 0 aliphatic heterocycles. The van der Waals surface area contributed by atoms with Crippen molar-refractivity contribution in [1.82, 2.24) is 4.57 Å². The van der Waals surface area contributed by atoms with Gasteiger partial charge in [0.2, 0.25) is 6.10 Å². The predicted octanol–water partition coefficient (Wildman–Crippen LogP) is 3.88. The Morgan fingerprint density at radius 2 is 1.79 bits per heavy atom. The minimum absolute atomic E-state index is 0.0696. The molecule has 29 heavy (non-hydrogen) atoms. The molecule has 1 amide bonds. The van der Waals surface area contributed by atoms with Crippen molar-refractivity contribution in [1.29, 1.82) is 0 Å². The zero-order valence-corrected chi connectivity index (χ0v) is 16.6. The van der Waals surface area contributed by atoms with Crippen molar-refractivity contribution in [3.63, 3.8) is 0 Å². The van der Waals surface area contributed by atoms with Crippen molar-refractivity contribution in [2.24, 2.45) is 7.05 Å². The number of aromatic nitrogens is 1. The van der Waals surface area contributed by atoms with Gasteiger partial charge in [-0.3, -0.25) is 9.59 Å². The van der Waals surface area contributed by atoms with Crippen LogP contribution in [0.15, 0.2) is 71.7 Å². The molecule has 0 aliphatic rings. The molecule has 3 aromatic rings. The highest BCUT2D eigenvalue weighted by atomic mass is 35.5. The topological polar surface area (TPSA) is 77.4 Å². The van der Waals surface area contributed by atoms with E-state index in [2.05, 4.69) is 5.32 Å². The lowest BCUT2D eigenvalue weighted by molar-refractivity contribution is -0.125. The molecule has 1 heterocycles. The van der Waals surface area contributed by atoms with E-state index in [1.54, 1.807) is 55.6 Å². The van der Waals surface area contributed by atoms with Crippen molar-refractivity contribution >= 4 is 29.2 Å². The smallest absolute Gasteiger partial charge is 0.339 e. The Morgan fingerprint density at radius 1 is 1.07 bits per heavy atom. The third-order valence-electron chi connectivity index (χ3n) is 4.34. The zero-order chi connectivity index (χ0) is 21.0. The van der Waals surface area contributed by atoms with Gasteiger partial charge < -0.3 is 14.6 Å². The lowest BCUT2D eigenvalue weighted by atomic mass is 10.1. The first kappa shape index (κ1) is 20.4. The van der Waals surface area contributed by atoms with E-state index in [1.165, 1.54) is 22.9 Å². The predicted molar refractivity (Wildman–Crippen MR) is 111 cm³/mol. The van der Waals surface area contributed by atoms with Gasteiger partial charge in [0.15, 0.2) is 0 Å². The molecular weight excluding hydrogens is 392 g/mol. The maximum atomic E-state index is 12.9. The third-order valence-corrected chi connectivity index (χ3v) is 4.75. The van der Waals surface area contributed by atoms with Gasteiger partial charge in [-0.15, -0.1) is 0 Å². The molecule has 0 radical (unpaired) electrons. The van der Waals surface area contributed by atoms with Crippen molar-refractivity contribution in [3.8, 4) is 0 Å². The minimum Gasteiger partial charge on any atom is -0.444 e. The van der Waals surface area contributed by atoms with Crippen molar-refractivity contribution in [2.75, 3.05) is 5.32 Å². The van der Waals surface area contributed by atoms with Crippen LogP contribution in [0, 0.1) is 6.92 Å². The summed E-state index contributed by atoms with van der Waals surface area (Å²) in [7, 11) is 1.57. The largest absolute Gasteiger partial charge is 0.444 e. The van der Waals surface area contributed by atoms with E-state index in [1.807, 2.05) is 6.92 Å². The summed E-state index contributed by atoms with van der Waals surface area (Å²) >= 11 is 6.12. The molecule has 2 aromatic carbocycles. The van der Waals surface area contributed by atoms with Crippen molar-refractivity contribution in [3.05, 3.63) is 98.9 Å². The summed E-state index contributed by atoms with van der Waals surface area (Å²) in [5.74, 6) is -1.30. The SMILES string of the molecule is Cc1ccc(NC(=O)[C@H](OC(=O)c2ccn(C)c(=O)c2)c2ccccc2)cc1Cl. The highest BCUT2D eigenvalue weighted by Crippen LogP contribution is 2.24. The first-order chi connectivity index (χ1) is 13.8. The van der Waals surface area contributed by atoms with Crippen LogP contribution >= 0.6 is 11.6 Å². The number of benzene rings is 2. The number of aryl methyl sites for hydroxylation is 2. The van der Waals surface area contributed by atoms with Crippen molar-refractivity contribution in [2.45, 2.75) is 13.0 Å². The Morgan fingerprint density at radius 3 is 2.45 bits per heavy atom. The van der Waals surface area contributed by atoms with Crippen LogP contribution in [0.1, 0.15) is 27.6 Å². The van der Waals surface area contributed by atoms with Crippen molar-refractivity contribution < 1.29 is 14.3 Å². The zero-order valence-electron chi connectivity index (χ0n) is 15.9. The van der Waals surface area contributed by atoms with E-state index in [9.17, 15) is 14.4 Å². The number of halogens is 1. The van der Waals surface area contributed by atoms with E-state index >= 15 is 0 Å². The number of anilines is 1. The summed E-state index contributed by atoms with van der Waals surface area (Å²) in [5, 5.41) is 3.23. The Bertz CT molecular complexity index is 1110. The molecule has 3 rings (SSSR count). The number of esters is 1. The lowest BCUT2D eigenvalue weighted by Crippen LogP contribution is -2.26. The second-order valence-electron chi connectivity index (χ2n) is 6.51. The molecule has 0 unspecified atom stereocenters. The van der Waals surface area contributed by atoms with Gasteiger partial charge in [-0.25, -0.2) is 4.79 Å². The van der Waals surface area contributed by atoms with Gasteiger partial charge >= 0.3 is 5.97 Å². The van der Waals surface area contributed by atoms with Crippen LogP contribution in [0.25, 0.3) is 0 Å². The molecule has 6 nitrogen and oxygen atoms in total. The number of ether oxygens (including phenoxy) is 1. The molecule has 148 valence electrons. The molecule has 1 atom stereocenters. The lowest BCUT2D eigenvalue weighted by Gasteiger charge is -2.18. The second kappa shape index (κ2) is 8.75. The van der Waals surface area contributed by atoms with Crippen LogP contribution < -0.4 is 10.9 Å². The van der Waals surface area contributed by atoms with Gasteiger partial charge in [0.25, 0.3) is 11.5 Å². The van der Waals surface area contributed by atoms with Gasteiger partial charge in [0, 0.05) is 35.6 Å². The monoisotopic (exact) mass is 410 g/mol. The summed E-state index contributed by atoms with van der Waals surface area (Å²) in [4.78, 5) is 37.3. The molecule has 0 aliphatic carbocycles. The highest BCUT2D eigenvalue weighted by molar-refractivity contribution is 6.31. The molecule has 0 fully saturated rings. The molecule has 0 saturated carbocycles. The van der Waals surface area contributed by atoms with Gasteiger partial charge in [-0.2, -0.15) is 0 Å². The van der Waals surface area contributed by atoms with E-state index < -0.39 is 18.0 Å². The summed E-state index contributed by atoms with van der Waals surface area (Å²) in [6, 6.07) is 16.4. The molecule has 0 spiro atoms. The molecule has 0 saturated heterocycles. The van der Waals surface area contributed by atoms with Crippen LogP contribution in [0.2, 0.25) is 5.02 Å². The number of pyridine rings is 1. The average molecular weight is 411 g/mol. The van der Waals surface area contributed by atoms with Gasteiger partial charge in [0.05, 0.1) is 5.56 Å². The van der Waals surface area contributed by atoms with E-state index in [4.69, 9.17) is 16.3 Å². The average Bonchev–Trinajstić information content (AvgIpc) is 2.71. The molecular formula is C22H19ClN2O4. The maximum absolute atomic E-state index is 12.9.